The number of aromatic nitrogens is 1. The number of carbonyl (C=O) groups excluding carboxylic acids is 1. The SMILES string of the molecule is CC1=CCC(c2cnc(C)c(-c3ccccc3)c2)N(C(=O)c2ccccc2)C1c1ccccc1. The van der Waals surface area contributed by atoms with E-state index in [-0.39, 0.29) is 18.0 Å². The Morgan fingerprint density at radius 2 is 1.44 bits per heavy atom. The van der Waals surface area contributed by atoms with Gasteiger partial charge in [-0.15, -0.1) is 0 Å². The van der Waals surface area contributed by atoms with Gasteiger partial charge in [0.25, 0.3) is 5.91 Å². The maximum absolute atomic E-state index is 14.0. The second-order valence-electron chi connectivity index (χ2n) is 8.86. The first-order chi connectivity index (χ1) is 16.6. The fourth-order valence-corrected chi connectivity index (χ4v) is 4.91. The molecular formula is C31H28N2O. The molecule has 2 unspecified atom stereocenters. The highest BCUT2D eigenvalue weighted by molar-refractivity contribution is 5.95. The maximum Gasteiger partial charge on any atom is 0.255 e. The molecule has 1 aliphatic rings. The molecule has 0 saturated heterocycles. The molecule has 3 aromatic carbocycles. The molecule has 1 aliphatic heterocycles. The minimum absolute atomic E-state index is 0.0359. The lowest BCUT2D eigenvalue weighted by atomic mass is 9.86. The minimum Gasteiger partial charge on any atom is -0.320 e. The molecule has 3 heteroatoms. The third-order valence-electron chi connectivity index (χ3n) is 6.66. The van der Waals surface area contributed by atoms with Crippen LogP contribution in [0.2, 0.25) is 0 Å². The van der Waals surface area contributed by atoms with Crippen LogP contribution in [0, 0.1) is 6.92 Å². The monoisotopic (exact) mass is 444 g/mol. The molecule has 1 amide bonds. The van der Waals surface area contributed by atoms with Gasteiger partial charge in [0.1, 0.15) is 0 Å². The topological polar surface area (TPSA) is 33.2 Å². The van der Waals surface area contributed by atoms with Gasteiger partial charge in [0.2, 0.25) is 0 Å². The van der Waals surface area contributed by atoms with Gasteiger partial charge >= 0.3 is 0 Å². The van der Waals surface area contributed by atoms with Gasteiger partial charge in [-0.05, 0) is 55.2 Å². The molecule has 4 aromatic rings. The second-order valence-corrected chi connectivity index (χ2v) is 8.86. The zero-order valence-electron chi connectivity index (χ0n) is 19.6. The van der Waals surface area contributed by atoms with E-state index in [9.17, 15) is 4.79 Å². The zero-order chi connectivity index (χ0) is 23.5. The van der Waals surface area contributed by atoms with Crippen LogP contribution in [0.25, 0.3) is 11.1 Å². The molecule has 2 heterocycles. The number of carbonyl (C=O) groups is 1. The van der Waals surface area contributed by atoms with Crippen molar-refractivity contribution in [2.24, 2.45) is 0 Å². The van der Waals surface area contributed by atoms with Crippen molar-refractivity contribution >= 4 is 5.91 Å². The van der Waals surface area contributed by atoms with Gasteiger partial charge in [0.05, 0.1) is 12.1 Å². The normalized spacial score (nSPS) is 17.8. The molecular weight excluding hydrogens is 416 g/mol. The van der Waals surface area contributed by atoms with E-state index < -0.39 is 0 Å². The van der Waals surface area contributed by atoms with Gasteiger partial charge in [-0.3, -0.25) is 9.78 Å². The summed E-state index contributed by atoms with van der Waals surface area (Å²) in [6.07, 6.45) is 4.97. The molecule has 5 rings (SSSR count). The Kier molecular flexibility index (Phi) is 6.09. The van der Waals surface area contributed by atoms with Gasteiger partial charge in [0.15, 0.2) is 0 Å². The predicted octanol–water partition coefficient (Wildman–Crippen LogP) is 7.33. The molecule has 0 fully saturated rings. The lowest BCUT2D eigenvalue weighted by Crippen LogP contribution is -2.40. The van der Waals surface area contributed by atoms with Gasteiger partial charge < -0.3 is 4.90 Å². The summed E-state index contributed by atoms with van der Waals surface area (Å²) in [5.41, 5.74) is 7.29. The fraction of sp³-hybridized carbons (Fsp3) is 0.161. The van der Waals surface area contributed by atoms with E-state index >= 15 is 0 Å². The van der Waals surface area contributed by atoms with Crippen LogP contribution in [0.3, 0.4) is 0 Å². The van der Waals surface area contributed by atoms with Crippen LogP contribution in [-0.4, -0.2) is 15.8 Å². The first-order valence-corrected chi connectivity index (χ1v) is 11.7. The predicted molar refractivity (Wildman–Crippen MR) is 137 cm³/mol. The molecule has 0 N–H and O–H groups in total. The molecule has 3 nitrogen and oxygen atoms in total. The van der Waals surface area contributed by atoms with Crippen LogP contribution in [0.4, 0.5) is 0 Å². The van der Waals surface area contributed by atoms with Crippen molar-refractivity contribution in [3.05, 3.63) is 137 Å². The Hall–Kier alpha value is -3.98. The van der Waals surface area contributed by atoms with Crippen LogP contribution in [-0.2, 0) is 0 Å². The quantitative estimate of drug-likeness (QED) is 0.309. The molecule has 1 aromatic heterocycles. The first kappa shape index (κ1) is 21.8. The Morgan fingerprint density at radius 1 is 0.824 bits per heavy atom. The highest BCUT2D eigenvalue weighted by Gasteiger charge is 2.37. The Labute approximate surface area is 201 Å². The van der Waals surface area contributed by atoms with Crippen molar-refractivity contribution in [1.82, 2.24) is 9.88 Å². The van der Waals surface area contributed by atoms with Crippen LogP contribution in [0.5, 0.6) is 0 Å². The summed E-state index contributed by atoms with van der Waals surface area (Å²) in [7, 11) is 0. The number of rotatable bonds is 4. The lowest BCUT2D eigenvalue weighted by Gasteiger charge is -2.42. The third-order valence-corrected chi connectivity index (χ3v) is 6.66. The van der Waals surface area contributed by atoms with Crippen molar-refractivity contribution in [3.8, 4) is 11.1 Å². The minimum atomic E-state index is -0.130. The van der Waals surface area contributed by atoms with Gasteiger partial charge in [-0.1, -0.05) is 90.5 Å². The van der Waals surface area contributed by atoms with Gasteiger partial charge in [-0.25, -0.2) is 0 Å². The summed E-state index contributed by atoms with van der Waals surface area (Å²) in [5.74, 6) is 0.0359. The molecule has 2 atom stereocenters. The summed E-state index contributed by atoms with van der Waals surface area (Å²) in [4.78, 5) is 20.8. The number of pyridine rings is 1. The third kappa shape index (κ3) is 4.17. The Bertz CT molecular complexity index is 1310. The van der Waals surface area contributed by atoms with E-state index in [0.29, 0.717) is 5.56 Å². The average Bonchev–Trinajstić information content (AvgIpc) is 2.90. The van der Waals surface area contributed by atoms with E-state index in [1.54, 1.807) is 0 Å². The number of hydrogen-bond acceptors (Lipinski definition) is 2. The average molecular weight is 445 g/mol. The molecule has 0 spiro atoms. The number of aryl methyl sites for hydroxylation is 1. The fourth-order valence-electron chi connectivity index (χ4n) is 4.91. The summed E-state index contributed by atoms with van der Waals surface area (Å²) in [5, 5.41) is 0. The highest BCUT2D eigenvalue weighted by atomic mass is 16.2. The summed E-state index contributed by atoms with van der Waals surface area (Å²) < 4.78 is 0. The molecule has 0 radical (unpaired) electrons. The smallest absolute Gasteiger partial charge is 0.255 e. The van der Waals surface area contributed by atoms with Crippen molar-refractivity contribution < 1.29 is 4.79 Å². The van der Waals surface area contributed by atoms with E-state index in [1.165, 1.54) is 5.57 Å². The van der Waals surface area contributed by atoms with Crippen molar-refractivity contribution in [1.29, 1.82) is 0 Å². The summed E-state index contributed by atoms with van der Waals surface area (Å²) in [6.45, 7) is 4.17. The van der Waals surface area contributed by atoms with Gasteiger partial charge in [0, 0.05) is 23.0 Å². The molecule has 34 heavy (non-hydrogen) atoms. The first-order valence-electron chi connectivity index (χ1n) is 11.7. The maximum atomic E-state index is 14.0. The van der Waals surface area contributed by atoms with Crippen molar-refractivity contribution in [2.45, 2.75) is 32.4 Å². The largest absolute Gasteiger partial charge is 0.320 e. The van der Waals surface area contributed by atoms with E-state index in [2.05, 4.69) is 48.2 Å². The van der Waals surface area contributed by atoms with E-state index in [0.717, 1.165) is 34.4 Å². The van der Waals surface area contributed by atoms with E-state index in [1.807, 2.05) is 79.9 Å². The van der Waals surface area contributed by atoms with Gasteiger partial charge in [-0.2, -0.15) is 0 Å². The van der Waals surface area contributed by atoms with Crippen LogP contribution < -0.4 is 0 Å². The summed E-state index contributed by atoms with van der Waals surface area (Å²) in [6, 6.07) is 32.2. The molecule has 168 valence electrons. The zero-order valence-corrected chi connectivity index (χ0v) is 19.6. The molecule has 0 aliphatic carbocycles. The van der Waals surface area contributed by atoms with Crippen molar-refractivity contribution in [3.63, 3.8) is 0 Å². The van der Waals surface area contributed by atoms with Crippen molar-refractivity contribution in [2.75, 3.05) is 0 Å². The number of amides is 1. The van der Waals surface area contributed by atoms with Crippen LogP contribution >= 0.6 is 0 Å². The van der Waals surface area contributed by atoms with E-state index in [4.69, 9.17) is 4.98 Å². The van der Waals surface area contributed by atoms with Crippen LogP contribution in [0.1, 0.15) is 52.6 Å². The summed E-state index contributed by atoms with van der Waals surface area (Å²) >= 11 is 0. The number of nitrogens with zero attached hydrogens (tertiary/aromatic N) is 2. The number of hydrogen-bond donors (Lipinski definition) is 0. The molecule has 0 bridgehead atoms. The lowest BCUT2D eigenvalue weighted by molar-refractivity contribution is 0.0582. The Balaban J connectivity index is 1.64. The second kappa shape index (κ2) is 9.48. The number of benzene rings is 3. The standard InChI is InChI=1S/C31H28N2O/c1-22-18-19-29(27-20-28(23(2)32-21-27)24-12-6-3-7-13-24)33(30(22)25-14-8-4-9-15-25)31(34)26-16-10-5-11-17-26/h3-18,20-21,29-30H,19H2,1-2H3. The Morgan fingerprint density at radius 3 is 2.12 bits per heavy atom. The van der Waals surface area contributed by atoms with Crippen LogP contribution in [0.15, 0.2) is 115 Å². The highest BCUT2D eigenvalue weighted by Crippen LogP contribution is 2.43. The molecule has 0 saturated carbocycles.